The van der Waals surface area contributed by atoms with Crippen LogP contribution in [-0.4, -0.2) is 23.0 Å². The third kappa shape index (κ3) is 3.65. The highest BCUT2D eigenvalue weighted by atomic mass is 79.9. The van der Waals surface area contributed by atoms with Crippen LogP contribution >= 0.6 is 15.9 Å². The SMILES string of the molecule is CCCC(Br)Cc1ccc2c(c1)CC(C)N2C(=O)C(F)(F)F. The summed E-state index contributed by atoms with van der Waals surface area (Å²) in [5.41, 5.74) is 2.29. The van der Waals surface area contributed by atoms with Crippen LogP contribution in [-0.2, 0) is 17.6 Å². The van der Waals surface area contributed by atoms with Crippen molar-refractivity contribution in [2.45, 2.75) is 56.6 Å². The molecule has 1 amide bonds. The second-order valence-corrected chi connectivity index (χ2v) is 7.07. The van der Waals surface area contributed by atoms with Gasteiger partial charge in [-0.1, -0.05) is 41.4 Å². The molecule has 0 bridgehead atoms. The van der Waals surface area contributed by atoms with Crippen molar-refractivity contribution in [1.82, 2.24) is 0 Å². The molecule has 1 aromatic rings. The quantitative estimate of drug-likeness (QED) is 0.700. The lowest BCUT2D eigenvalue weighted by molar-refractivity contribution is -0.170. The lowest BCUT2D eigenvalue weighted by Gasteiger charge is -2.23. The zero-order chi connectivity index (χ0) is 16.5. The van der Waals surface area contributed by atoms with Crippen LogP contribution in [0, 0.1) is 0 Å². The summed E-state index contributed by atoms with van der Waals surface area (Å²) in [6.45, 7) is 3.76. The average molecular weight is 378 g/mol. The molecule has 2 atom stereocenters. The maximum absolute atomic E-state index is 12.7. The standard InChI is InChI=1S/C16H19BrF3NO/c1-3-4-13(17)9-11-5-6-14-12(8-11)7-10(2)21(14)15(22)16(18,19)20/h5-6,8,10,13H,3-4,7,9H2,1-2H3. The fraction of sp³-hybridized carbons (Fsp3) is 0.562. The van der Waals surface area contributed by atoms with E-state index in [1.165, 1.54) is 0 Å². The van der Waals surface area contributed by atoms with Gasteiger partial charge in [-0.3, -0.25) is 4.79 Å². The molecule has 1 aromatic carbocycles. The Morgan fingerprint density at radius 2 is 2.14 bits per heavy atom. The zero-order valence-electron chi connectivity index (χ0n) is 12.6. The van der Waals surface area contributed by atoms with Crippen LogP contribution in [0.5, 0.6) is 0 Å². The van der Waals surface area contributed by atoms with E-state index in [1.807, 2.05) is 12.1 Å². The maximum atomic E-state index is 12.7. The van der Waals surface area contributed by atoms with Crippen molar-refractivity contribution >= 4 is 27.5 Å². The van der Waals surface area contributed by atoms with Crippen LogP contribution in [0.25, 0.3) is 0 Å². The molecule has 0 saturated heterocycles. The molecule has 0 spiro atoms. The van der Waals surface area contributed by atoms with Gasteiger partial charge in [-0.15, -0.1) is 0 Å². The Morgan fingerprint density at radius 3 is 2.73 bits per heavy atom. The number of nitrogens with zero attached hydrogens (tertiary/aromatic N) is 1. The first kappa shape index (κ1) is 17.3. The summed E-state index contributed by atoms with van der Waals surface area (Å²) in [6, 6.07) is 4.93. The minimum atomic E-state index is -4.84. The van der Waals surface area contributed by atoms with Crippen LogP contribution in [0.3, 0.4) is 0 Å². The molecule has 2 unspecified atom stereocenters. The Morgan fingerprint density at radius 1 is 1.45 bits per heavy atom. The summed E-state index contributed by atoms with van der Waals surface area (Å²) in [4.78, 5) is 12.8. The average Bonchev–Trinajstić information content (AvgIpc) is 2.72. The highest BCUT2D eigenvalue weighted by molar-refractivity contribution is 9.09. The number of amides is 1. The van der Waals surface area contributed by atoms with Crippen molar-refractivity contribution < 1.29 is 18.0 Å². The lowest BCUT2D eigenvalue weighted by atomic mass is 10.0. The molecule has 2 rings (SSSR count). The van der Waals surface area contributed by atoms with Crippen molar-refractivity contribution in [2.75, 3.05) is 4.90 Å². The number of carbonyl (C=O) groups is 1. The Bertz CT molecular complexity index is 559. The zero-order valence-corrected chi connectivity index (χ0v) is 14.2. The predicted molar refractivity (Wildman–Crippen MR) is 84.5 cm³/mol. The molecule has 0 fully saturated rings. The van der Waals surface area contributed by atoms with Gasteiger partial charge in [0.05, 0.1) is 0 Å². The van der Waals surface area contributed by atoms with Gasteiger partial charge >= 0.3 is 12.1 Å². The Balaban J connectivity index is 2.23. The number of hydrogen-bond acceptors (Lipinski definition) is 1. The second kappa shape index (κ2) is 6.60. The topological polar surface area (TPSA) is 20.3 Å². The van der Waals surface area contributed by atoms with Gasteiger partial charge in [0.25, 0.3) is 0 Å². The van der Waals surface area contributed by atoms with E-state index in [2.05, 4.69) is 22.9 Å². The van der Waals surface area contributed by atoms with Crippen LogP contribution < -0.4 is 4.90 Å². The minimum Gasteiger partial charge on any atom is -0.301 e. The minimum absolute atomic E-state index is 0.363. The van der Waals surface area contributed by atoms with Crippen molar-refractivity contribution in [2.24, 2.45) is 0 Å². The highest BCUT2D eigenvalue weighted by Gasteiger charge is 2.46. The van der Waals surface area contributed by atoms with Crippen LogP contribution in [0.1, 0.15) is 37.8 Å². The van der Waals surface area contributed by atoms with E-state index in [0.29, 0.717) is 16.9 Å². The van der Waals surface area contributed by atoms with E-state index >= 15 is 0 Å². The van der Waals surface area contributed by atoms with Crippen LogP contribution in [0.4, 0.5) is 18.9 Å². The number of benzene rings is 1. The van der Waals surface area contributed by atoms with Crippen molar-refractivity contribution in [3.63, 3.8) is 0 Å². The van der Waals surface area contributed by atoms with E-state index < -0.39 is 18.1 Å². The van der Waals surface area contributed by atoms with Crippen LogP contribution in [0.2, 0.25) is 0 Å². The highest BCUT2D eigenvalue weighted by Crippen LogP contribution is 2.36. The Kier molecular flexibility index (Phi) is 5.20. The summed E-state index contributed by atoms with van der Waals surface area (Å²) in [7, 11) is 0. The van der Waals surface area contributed by atoms with Gasteiger partial charge in [0.2, 0.25) is 0 Å². The van der Waals surface area contributed by atoms with Gasteiger partial charge in [0.15, 0.2) is 0 Å². The molecule has 1 aliphatic heterocycles. The normalized spacial score (nSPS) is 19.2. The maximum Gasteiger partial charge on any atom is 0.471 e. The molecule has 0 radical (unpaired) electrons. The molecular weight excluding hydrogens is 359 g/mol. The third-order valence-corrected chi connectivity index (χ3v) is 4.66. The molecule has 1 heterocycles. The summed E-state index contributed by atoms with van der Waals surface area (Å²) < 4.78 is 38.1. The lowest BCUT2D eigenvalue weighted by Crippen LogP contribution is -2.44. The second-order valence-electron chi connectivity index (χ2n) is 5.78. The van der Waals surface area contributed by atoms with Gasteiger partial charge in [-0.2, -0.15) is 13.2 Å². The molecule has 0 N–H and O–H groups in total. The van der Waals surface area contributed by atoms with E-state index in [1.54, 1.807) is 13.0 Å². The molecule has 0 aliphatic carbocycles. The number of hydrogen-bond donors (Lipinski definition) is 0. The summed E-state index contributed by atoms with van der Waals surface area (Å²) in [5.74, 6) is -1.78. The molecule has 0 saturated carbocycles. The molecule has 1 aliphatic rings. The molecule has 6 heteroatoms. The first-order valence-corrected chi connectivity index (χ1v) is 8.31. The van der Waals surface area contributed by atoms with Crippen molar-refractivity contribution in [1.29, 1.82) is 0 Å². The van der Waals surface area contributed by atoms with E-state index in [-0.39, 0.29) is 0 Å². The largest absolute Gasteiger partial charge is 0.471 e. The van der Waals surface area contributed by atoms with Gasteiger partial charge in [-0.05, 0) is 43.4 Å². The molecular formula is C16H19BrF3NO. The fourth-order valence-electron chi connectivity index (χ4n) is 2.93. The number of alkyl halides is 4. The molecule has 2 nitrogen and oxygen atoms in total. The summed E-state index contributed by atoms with van der Waals surface area (Å²) in [5, 5.41) is 0. The first-order valence-electron chi connectivity index (χ1n) is 7.40. The fourth-order valence-corrected chi connectivity index (χ4v) is 3.76. The third-order valence-electron chi connectivity index (χ3n) is 3.88. The summed E-state index contributed by atoms with van der Waals surface area (Å²) >= 11 is 3.62. The van der Waals surface area contributed by atoms with Gasteiger partial charge in [-0.25, -0.2) is 0 Å². The van der Waals surface area contributed by atoms with Crippen LogP contribution in [0.15, 0.2) is 18.2 Å². The number of fused-ring (bicyclic) bond motifs is 1. The van der Waals surface area contributed by atoms with Crippen molar-refractivity contribution in [3.05, 3.63) is 29.3 Å². The Hall–Kier alpha value is -1.04. The van der Waals surface area contributed by atoms with E-state index in [4.69, 9.17) is 0 Å². The number of rotatable bonds is 4. The first-order chi connectivity index (χ1) is 10.2. The van der Waals surface area contributed by atoms with Crippen molar-refractivity contribution in [3.8, 4) is 0 Å². The van der Waals surface area contributed by atoms with Gasteiger partial charge < -0.3 is 4.90 Å². The van der Waals surface area contributed by atoms with Gasteiger partial charge in [0, 0.05) is 16.6 Å². The van der Waals surface area contributed by atoms with E-state index in [0.717, 1.165) is 35.3 Å². The molecule has 22 heavy (non-hydrogen) atoms. The number of anilines is 1. The molecule has 122 valence electrons. The predicted octanol–water partition coefficient (Wildman–Crippen LogP) is 4.63. The summed E-state index contributed by atoms with van der Waals surface area (Å²) in [6.07, 6.45) is -1.41. The van der Waals surface area contributed by atoms with Gasteiger partial charge in [0.1, 0.15) is 0 Å². The smallest absolute Gasteiger partial charge is 0.301 e. The number of carbonyl (C=O) groups excluding carboxylic acids is 1. The van der Waals surface area contributed by atoms with E-state index in [9.17, 15) is 18.0 Å². The monoisotopic (exact) mass is 377 g/mol. The number of halogens is 4. The Labute approximate surface area is 136 Å². The molecule has 0 aromatic heterocycles.